The van der Waals surface area contributed by atoms with Crippen LogP contribution in [0.5, 0.6) is 0 Å². The molecule has 0 spiro atoms. The van der Waals surface area contributed by atoms with Crippen molar-refractivity contribution >= 4 is 87.0 Å². The number of hydrogen-bond donors (Lipinski definition) is 7. The SMILES string of the molecule is C[C@@H]1CCCN(CC(=O)c2ccccc2)[C@@H]1C.C[C@@H]1CCCN(c2cnc(C#N)c(Cl)n2)[C@@H]1C.C[C@@H]1CCCN(c2cnc(C#N)c(Nc3ccc(C4CCN(C5CCCC5)CC4)cc3)n2)[C@@H]1C.C[C@@H]1CCCN(c2cnc(C(N)=O)c(Nc3ccc(C4CCN(C5CCCC5)CC4)cc3)n2)[C@@H]1C.C[C@@H]1CCCN[C@@H]1C.C[C@@H]1[C@H](N)CCCN1c1cnc(C(N)=O)c(Nc2ccc(C3CCN(C4CCCC4)CC3)cc2)n1. The summed E-state index contributed by atoms with van der Waals surface area (Å²) in [5.41, 5.74) is 26.1. The number of anilines is 10. The van der Waals surface area contributed by atoms with Crippen LogP contribution < -0.4 is 58.1 Å². The first-order valence-electron chi connectivity index (χ1n) is 56.0. The summed E-state index contributed by atoms with van der Waals surface area (Å²) in [7, 11) is 0. The van der Waals surface area contributed by atoms with E-state index in [1.54, 1.807) is 24.8 Å². The van der Waals surface area contributed by atoms with E-state index >= 15 is 0 Å². The van der Waals surface area contributed by atoms with Crippen molar-refractivity contribution in [3.63, 3.8) is 0 Å². The van der Waals surface area contributed by atoms with Gasteiger partial charge in [0.1, 0.15) is 35.4 Å². The second kappa shape index (κ2) is 53.5. The maximum absolute atomic E-state index is 12.1. The topological polar surface area (TPSA) is 354 Å². The maximum Gasteiger partial charge on any atom is 0.271 e. The highest BCUT2D eigenvalue weighted by Crippen LogP contribution is 2.41. The highest BCUT2D eigenvalue weighted by molar-refractivity contribution is 6.30. The number of rotatable bonds is 21. The highest BCUT2D eigenvalue weighted by Gasteiger charge is 2.37. The van der Waals surface area contributed by atoms with E-state index in [0.717, 1.165) is 135 Å². The lowest BCUT2D eigenvalue weighted by molar-refractivity contribution is 0.0779. The summed E-state index contributed by atoms with van der Waals surface area (Å²) in [6.07, 6.45) is 45.3. The van der Waals surface area contributed by atoms with E-state index in [0.29, 0.717) is 101 Å². The molecule has 28 nitrogen and oxygen atoms in total. The molecular weight excluding hydrogens is 1840 g/mol. The Hall–Kier alpha value is -10.6. The fourth-order valence-electron chi connectivity index (χ4n) is 24.6. The molecule has 2 amide bonds. The van der Waals surface area contributed by atoms with E-state index in [1.165, 1.54) is 223 Å². The van der Waals surface area contributed by atoms with Crippen LogP contribution in [-0.4, -0.2) is 223 Å². The Morgan fingerprint density at radius 3 is 1.07 bits per heavy atom. The van der Waals surface area contributed by atoms with Gasteiger partial charge in [-0.25, -0.2) is 39.9 Å². The number of Topliss-reactive ketones (excluding diaryl/α,β-unsaturated/α-hetero) is 1. The third-order valence-corrected chi connectivity index (χ3v) is 35.4. The average molecular weight is 2010 g/mol. The number of ketones is 1. The largest absolute Gasteiger partial charge is 0.364 e. The van der Waals surface area contributed by atoms with Crippen LogP contribution in [0.2, 0.25) is 5.15 Å². The second-order valence-electron chi connectivity index (χ2n) is 44.5. The van der Waals surface area contributed by atoms with E-state index in [9.17, 15) is 19.6 Å². The number of halogens is 1. The van der Waals surface area contributed by atoms with E-state index in [2.05, 4.69) is 240 Å². The zero-order valence-corrected chi connectivity index (χ0v) is 90.1. The first-order valence-corrected chi connectivity index (χ1v) is 56.3. The molecule has 3 aliphatic carbocycles. The zero-order chi connectivity index (χ0) is 103. The van der Waals surface area contributed by atoms with Crippen LogP contribution in [0.3, 0.4) is 0 Å². The lowest BCUT2D eigenvalue weighted by Gasteiger charge is -2.38. The summed E-state index contributed by atoms with van der Waals surface area (Å²) >= 11 is 5.91. The number of piperidine rings is 9. The number of amides is 2. The molecular formula is C117H168ClN25O3. The molecule has 9 aliphatic heterocycles. The summed E-state index contributed by atoms with van der Waals surface area (Å²) in [5.74, 6) is 8.89. The summed E-state index contributed by atoms with van der Waals surface area (Å²) in [5, 5.41) is 32.0. The number of likely N-dealkylation sites (tertiary alicyclic amines) is 4. The normalized spacial score (nSPS) is 25.6. The molecule has 20 rings (SSSR count). The number of nitriles is 2. The minimum Gasteiger partial charge on any atom is -0.364 e. The molecule has 786 valence electrons. The van der Waals surface area contributed by atoms with Crippen LogP contribution in [0.15, 0.2) is 128 Å². The molecule has 0 radical (unpaired) electrons. The molecule has 146 heavy (non-hydrogen) atoms. The summed E-state index contributed by atoms with van der Waals surface area (Å²) < 4.78 is 0. The molecule has 12 fully saturated rings. The van der Waals surface area contributed by atoms with Crippen LogP contribution in [0, 0.1) is 52.3 Å². The molecule has 0 bridgehead atoms. The van der Waals surface area contributed by atoms with Gasteiger partial charge in [0.2, 0.25) is 0 Å². The summed E-state index contributed by atoms with van der Waals surface area (Å²) in [4.78, 5) is 91.6. The molecule has 12 atom stereocenters. The summed E-state index contributed by atoms with van der Waals surface area (Å²) in [6.45, 7) is 38.7. The highest BCUT2D eigenvalue weighted by atomic mass is 35.5. The van der Waals surface area contributed by atoms with Gasteiger partial charge in [-0.15, -0.1) is 0 Å². The van der Waals surface area contributed by atoms with Gasteiger partial charge in [0, 0.05) is 109 Å². The predicted molar refractivity (Wildman–Crippen MR) is 592 cm³/mol. The van der Waals surface area contributed by atoms with E-state index in [-0.39, 0.29) is 40.1 Å². The number of aromatic nitrogens is 8. The number of nitrogens with zero attached hydrogens (tertiary/aromatic N) is 18. The van der Waals surface area contributed by atoms with Gasteiger partial charge in [-0.05, 0) is 348 Å². The Kier molecular flexibility index (Phi) is 40.2. The molecule has 10 N–H and O–H groups in total. The molecule has 4 aromatic carbocycles. The van der Waals surface area contributed by atoms with Gasteiger partial charge in [-0.2, -0.15) is 10.5 Å². The molecule has 3 saturated carbocycles. The van der Waals surface area contributed by atoms with Crippen molar-refractivity contribution in [3.05, 3.63) is 178 Å². The minimum atomic E-state index is -0.597. The smallest absolute Gasteiger partial charge is 0.271 e. The van der Waals surface area contributed by atoms with Gasteiger partial charge < -0.3 is 72.8 Å². The van der Waals surface area contributed by atoms with E-state index in [1.807, 2.05) is 36.4 Å². The number of nitrogens with one attached hydrogen (secondary N) is 4. The van der Waals surface area contributed by atoms with E-state index in [4.69, 9.17) is 49.0 Å². The van der Waals surface area contributed by atoms with Crippen molar-refractivity contribution < 1.29 is 14.4 Å². The summed E-state index contributed by atoms with van der Waals surface area (Å²) in [6, 6.07) is 44.9. The molecule has 8 aromatic rings. The molecule has 29 heteroatoms. The molecule has 12 aliphatic rings. The average Bonchev–Trinajstić information content (AvgIpc) is 1.10. The Labute approximate surface area is 876 Å². The fourth-order valence-corrected chi connectivity index (χ4v) is 24.8. The molecule has 13 heterocycles. The van der Waals surface area contributed by atoms with Crippen molar-refractivity contribution in [2.75, 3.05) is 121 Å². The Morgan fingerprint density at radius 2 is 0.705 bits per heavy atom. The lowest BCUT2D eigenvalue weighted by Crippen LogP contribution is -2.50. The maximum atomic E-state index is 12.1. The van der Waals surface area contributed by atoms with Crippen LogP contribution >= 0.6 is 11.6 Å². The van der Waals surface area contributed by atoms with E-state index < -0.39 is 11.8 Å². The Bertz CT molecular complexity index is 5360. The molecule has 4 aromatic heterocycles. The first-order chi connectivity index (χ1) is 70.7. The van der Waals surface area contributed by atoms with Crippen molar-refractivity contribution in [3.8, 4) is 12.1 Å². The number of nitrogens with two attached hydrogens (primary N) is 3. The monoisotopic (exact) mass is 2010 g/mol. The third-order valence-electron chi connectivity index (χ3n) is 35.2. The van der Waals surface area contributed by atoms with Gasteiger partial charge in [-0.1, -0.05) is 151 Å². The van der Waals surface area contributed by atoms with Gasteiger partial charge >= 0.3 is 0 Å². The number of hydrogen-bond acceptors (Lipinski definition) is 26. The zero-order valence-electron chi connectivity index (χ0n) is 89.3. The number of primary amides is 2. The molecule has 9 saturated heterocycles. The number of carbonyl (C=O) groups excluding carboxylic acids is 3. The first kappa shape index (κ1) is 110. The van der Waals surface area contributed by atoms with Crippen LogP contribution in [-0.2, 0) is 0 Å². The van der Waals surface area contributed by atoms with Gasteiger partial charge in [0.25, 0.3) is 11.8 Å². The van der Waals surface area contributed by atoms with Gasteiger partial charge in [-0.3, -0.25) is 19.3 Å². The van der Waals surface area contributed by atoms with Crippen molar-refractivity contribution in [1.29, 1.82) is 10.5 Å². The van der Waals surface area contributed by atoms with Crippen LogP contribution in [0.4, 0.5) is 57.8 Å². The minimum absolute atomic E-state index is 0.0929. The van der Waals surface area contributed by atoms with Crippen molar-refractivity contribution in [2.24, 2.45) is 46.8 Å². The number of carbonyl (C=O) groups is 3. The number of benzene rings is 4. The van der Waals surface area contributed by atoms with Gasteiger partial charge in [0.15, 0.2) is 51.2 Å². The standard InChI is InChI=1S/C28H40N6O.C28H38N6.C27H39N7O.C15H21NO.C12H15ClN4.C7H15N/c1-19-6-5-15-34(20(19)2)25-18-30-26(27(29)35)28(32-25)31-23-11-9-21(10-12-23)22-13-16-33(17-14-22)24-7-3-4-8-24;1-20-6-5-15-34(21(20)2)27-19-30-26(18-29)28(32-27)31-24-11-9-22(10-12-24)23-13-16-33(17-14-23)25-7-3-4-8-25;1-18-23(28)7-4-14-34(18)24-17-30-25(26(29)35)27(32-24)31-21-10-8-19(9-11-21)20-12-15-33(16-13-20)22-5-2-3-6-22;1-12-7-6-10-16(13(12)2)11-15(17)14-8-4-3-5-9-14;1-8-4-3-5-17(9(8)2)11-7-15-10(6-14)12(13)16-11;1-6-4-3-5-8-7(6)2/h9-12,18-20,22,24H,3-8,13-17H2,1-2H3,(H2,29,35)(H,31,32);9-12,19-21,23,25H,3-8,13-17H2,1-2H3,(H,31,32);8-11,17-18,20,22-23H,2-7,12-16,28H2,1H3,(H2,29,35)(H,31,32);3-5,8-9,12-13H,6-7,10-11H2,1-2H3;7-9H,3-5H2,1-2H3;6-8H,3-5H2,1-2H3/t19-,20-;20-,21-;18-,23-;12-,13-;8-,9-;6-,7-/m111111/s1. The Balaban J connectivity index is 0.000000138. The lowest BCUT2D eigenvalue weighted by atomic mass is 9.88. The Morgan fingerprint density at radius 1 is 0.370 bits per heavy atom. The van der Waals surface area contributed by atoms with Gasteiger partial charge in [0.05, 0.1) is 31.3 Å². The second-order valence-corrected chi connectivity index (χ2v) is 44.8. The molecule has 0 unspecified atom stereocenters. The predicted octanol–water partition coefficient (Wildman–Crippen LogP) is 21.7. The van der Waals surface area contributed by atoms with Crippen LogP contribution in [0.25, 0.3) is 0 Å². The fraction of sp³-hybridized carbons (Fsp3) is 0.615. The van der Waals surface area contributed by atoms with Crippen molar-refractivity contribution in [1.82, 2.24) is 64.8 Å². The third kappa shape index (κ3) is 29.1. The van der Waals surface area contributed by atoms with Crippen LogP contribution in [0.1, 0.15) is 346 Å². The quantitative estimate of drug-likeness (QED) is 0.0329. The van der Waals surface area contributed by atoms with Crippen molar-refractivity contribution in [2.45, 2.75) is 347 Å².